The predicted octanol–water partition coefficient (Wildman–Crippen LogP) is 3.50. The number of ketones is 1. The summed E-state index contributed by atoms with van der Waals surface area (Å²) in [7, 11) is 0. The molecule has 0 radical (unpaired) electrons. The van der Waals surface area contributed by atoms with Crippen LogP contribution in [0.4, 0.5) is 4.39 Å². The van der Waals surface area contributed by atoms with E-state index in [0.717, 1.165) is 0 Å². The Bertz CT molecular complexity index is 340. The summed E-state index contributed by atoms with van der Waals surface area (Å²) in [6, 6.07) is 4.30. The standard InChI is InChI=1S/C9H7BrClFO/c1-5(13)9(10)6-2-3-7(11)8(12)4-6/h2-4,9H,1H3. The van der Waals surface area contributed by atoms with Crippen LogP contribution in [0, 0.1) is 5.82 Å². The van der Waals surface area contributed by atoms with Crippen molar-refractivity contribution < 1.29 is 9.18 Å². The highest BCUT2D eigenvalue weighted by molar-refractivity contribution is 9.09. The monoisotopic (exact) mass is 264 g/mol. The summed E-state index contributed by atoms with van der Waals surface area (Å²) >= 11 is 8.64. The number of halogens is 3. The van der Waals surface area contributed by atoms with Gasteiger partial charge in [0.25, 0.3) is 0 Å². The van der Waals surface area contributed by atoms with Crippen molar-refractivity contribution in [2.45, 2.75) is 11.8 Å². The minimum Gasteiger partial charge on any atom is -0.298 e. The lowest BCUT2D eigenvalue weighted by Gasteiger charge is -2.06. The van der Waals surface area contributed by atoms with Gasteiger partial charge in [0.1, 0.15) is 11.6 Å². The Morgan fingerprint density at radius 2 is 2.23 bits per heavy atom. The average Bonchev–Trinajstić information content (AvgIpc) is 2.08. The molecule has 1 aromatic rings. The number of alkyl halides is 1. The van der Waals surface area contributed by atoms with Gasteiger partial charge in [-0.25, -0.2) is 4.39 Å². The van der Waals surface area contributed by atoms with Crippen LogP contribution in [0.25, 0.3) is 0 Å². The molecule has 0 N–H and O–H groups in total. The first kappa shape index (κ1) is 10.7. The molecule has 13 heavy (non-hydrogen) atoms. The SMILES string of the molecule is CC(=O)C(Br)c1ccc(Cl)c(F)c1. The van der Waals surface area contributed by atoms with Gasteiger partial charge in [-0.05, 0) is 24.6 Å². The molecular formula is C9H7BrClFO. The zero-order valence-electron chi connectivity index (χ0n) is 6.85. The molecule has 0 aliphatic heterocycles. The number of hydrogen-bond donors (Lipinski definition) is 0. The van der Waals surface area contributed by atoms with Crippen LogP contribution in [0.15, 0.2) is 18.2 Å². The van der Waals surface area contributed by atoms with Crippen molar-refractivity contribution in [2.75, 3.05) is 0 Å². The van der Waals surface area contributed by atoms with Gasteiger partial charge in [0.05, 0.1) is 9.85 Å². The van der Waals surface area contributed by atoms with Crippen molar-refractivity contribution in [3.63, 3.8) is 0 Å². The maximum atomic E-state index is 12.9. The highest BCUT2D eigenvalue weighted by Crippen LogP contribution is 2.26. The number of benzene rings is 1. The van der Waals surface area contributed by atoms with Gasteiger partial charge in [0.15, 0.2) is 0 Å². The molecule has 70 valence electrons. The highest BCUT2D eigenvalue weighted by atomic mass is 79.9. The van der Waals surface area contributed by atoms with Crippen molar-refractivity contribution in [1.82, 2.24) is 0 Å². The smallest absolute Gasteiger partial charge is 0.147 e. The molecule has 0 aliphatic carbocycles. The molecular weight excluding hydrogens is 258 g/mol. The molecule has 0 aromatic heterocycles. The summed E-state index contributed by atoms with van der Waals surface area (Å²) < 4.78 is 12.9. The second kappa shape index (κ2) is 4.20. The maximum Gasteiger partial charge on any atom is 0.147 e. The lowest BCUT2D eigenvalue weighted by Crippen LogP contribution is -2.01. The van der Waals surface area contributed by atoms with Crippen molar-refractivity contribution in [3.8, 4) is 0 Å². The Hall–Kier alpha value is -0.410. The van der Waals surface area contributed by atoms with Crippen LogP contribution in [0.1, 0.15) is 17.3 Å². The lowest BCUT2D eigenvalue weighted by molar-refractivity contribution is -0.116. The predicted molar refractivity (Wildman–Crippen MR) is 53.8 cm³/mol. The minimum absolute atomic E-state index is 0.0620. The van der Waals surface area contributed by atoms with E-state index in [1.807, 2.05) is 0 Å². The van der Waals surface area contributed by atoms with Gasteiger partial charge >= 0.3 is 0 Å². The Labute approximate surface area is 89.0 Å². The molecule has 1 unspecified atom stereocenters. The second-order valence-electron chi connectivity index (χ2n) is 2.65. The fourth-order valence-electron chi connectivity index (χ4n) is 0.905. The molecule has 4 heteroatoms. The third kappa shape index (κ3) is 2.51. The van der Waals surface area contributed by atoms with Crippen LogP contribution < -0.4 is 0 Å². The zero-order chi connectivity index (χ0) is 10.0. The molecule has 0 amide bonds. The summed E-state index contributed by atoms with van der Waals surface area (Å²) in [5.41, 5.74) is 0.578. The Morgan fingerprint density at radius 1 is 1.62 bits per heavy atom. The first-order valence-electron chi connectivity index (χ1n) is 3.62. The molecule has 1 atom stereocenters. The van der Waals surface area contributed by atoms with Crippen molar-refractivity contribution in [3.05, 3.63) is 34.6 Å². The van der Waals surface area contributed by atoms with Gasteiger partial charge < -0.3 is 0 Å². The van der Waals surface area contributed by atoms with Gasteiger partial charge in [-0.3, -0.25) is 4.79 Å². The quantitative estimate of drug-likeness (QED) is 0.748. The highest BCUT2D eigenvalue weighted by Gasteiger charge is 2.13. The van der Waals surface area contributed by atoms with E-state index in [1.54, 1.807) is 6.07 Å². The van der Waals surface area contributed by atoms with Crippen LogP contribution in [-0.2, 0) is 4.79 Å². The first-order chi connectivity index (χ1) is 6.02. The molecule has 0 aliphatic rings. The average molecular weight is 266 g/mol. The van der Waals surface area contributed by atoms with Gasteiger partial charge in [0.2, 0.25) is 0 Å². The minimum atomic E-state index is -0.509. The number of Topliss-reactive ketones (excluding diaryl/α,β-unsaturated/α-hetero) is 1. The topological polar surface area (TPSA) is 17.1 Å². The number of hydrogen-bond acceptors (Lipinski definition) is 1. The van der Waals surface area contributed by atoms with E-state index in [0.29, 0.717) is 5.56 Å². The van der Waals surface area contributed by atoms with Crippen LogP contribution in [-0.4, -0.2) is 5.78 Å². The molecule has 0 spiro atoms. The fraction of sp³-hybridized carbons (Fsp3) is 0.222. The Kier molecular flexibility index (Phi) is 3.45. The van der Waals surface area contributed by atoms with E-state index in [-0.39, 0.29) is 10.8 Å². The van der Waals surface area contributed by atoms with E-state index in [1.165, 1.54) is 19.1 Å². The fourth-order valence-corrected chi connectivity index (χ4v) is 1.31. The van der Waals surface area contributed by atoms with E-state index in [4.69, 9.17) is 11.6 Å². The van der Waals surface area contributed by atoms with Crippen LogP contribution >= 0.6 is 27.5 Å². The van der Waals surface area contributed by atoms with E-state index in [2.05, 4.69) is 15.9 Å². The van der Waals surface area contributed by atoms with Crippen molar-refractivity contribution in [2.24, 2.45) is 0 Å². The van der Waals surface area contributed by atoms with E-state index < -0.39 is 10.6 Å². The Balaban J connectivity index is 3.03. The first-order valence-corrected chi connectivity index (χ1v) is 4.91. The van der Waals surface area contributed by atoms with Gasteiger partial charge in [-0.2, -0.15) is 0 Å². The van der Waals surface area contributed by atoms with Gasteiger partial charge in [-0.1, -0.05) is 33.6 Å². The van der Waals surface area contributed by atoms with Crippen LogP contribution in [0.3, 0.4) is 0 Å². The number of carbonyl (C=O) groups is 1. The van der Waals surface area contributed by atoms with Crippen molar-refractivity contribution in [1.29, 1.82) is 0 Å². The zero-order valence-corrected chi connectivity index (χ0v) is 9.19. The molecule has 1 aromatic carbocycles. The summed E-state index contributed by atoms with van der Waals surface area (Å²) in [6.45, 7) is 1.44. The number of carbonyl (C=O) groups excluding carboxylic acids is 1. The molecule has 0 saturated carbocycles. The summed E-state index contributed by atoms with van der Waals surface area (Å²) in [5.74, 6) is -0.577. The molecule has 1 nitrogen and oxygen atoms in total. The largest absolute Gasteiger partial charge is 0.298 e. The molecule has 0 fully saturated rings. The second-order valence-corrected chi connectivity index (χ2v) is 3.97. The van der Waals surface area contributed by atoms with Crippen molar-refractivity contribution >= 4 is 33.3 Å². The van der Waals surface area contributed by atoms with Crippen LogP contribution in [0.2, 0.25) is 5.02 Å². The molecule has 0 saturated heterocycles. The lowest BCUT2D eigenvalue weighted by atomic mass is 10.1. The third-order valence-electron chi connectivity index (χ3n) is 1.59. The van der Waals surface area contributed by atoms with E-state index >= 15 is 0 Å². The molecule has 1 rings (SSSR count). The Morgan fingerprint density at radius 3 is 2.69 bits per heavy atom. The normalized spacial score (nSPS) is 12.6. The number of rotatable bonds is 2. The van der Waals surface area contributed by atoms with Gasteiger partial charge in [-0.15, -0.1) is 0 Å². The maximum absolute atomic E-state index is 12.9. The summed E-state index contributed by atoms with van der Waals surface area (Å²) in [6.07, 6.45) is 0. The van der Waals surface area contributed by atoms with E-state index in [9.17, 15) is 9.18 Å². The summed E-state index contributed by atoms with van der Waals surface area (Å²) in [4.78, 5) is 10.5. The molecule has 0 heterocycles. The summed E-state index contributed by atoms with van der Waals surface area (Å²) in [5, 5.41) is 0.0620. The third-order valence-corrected chi connectivity index (χ3v) is 3.07. The van der Waals surface area contributed by atoms with Gasteiger partial charge in [0, 0.05) is 0 Å². The van der Waals surface area contributed by atoms with Crippen LogP contribution in [0.5, 0.6) is 0 Å². The molecule has 0 bridgehead atoms.